The van der Waals surface area contributed by atoms with E-state index >= 15 is 0 Å². The molecule has 0 saturated carbocycles. The lowest BCUT2D eigenvalue weighted by Gasteiger charge is -2.26. The highest BCUT2D eigenvalue weighted by Crippen LogP contribution is 2.54. The number of aryl methyl sites for hydroxylation is 4. The predicted molar refractivity (Wildman–Crippen MR) is 186 cm³/mol. The second-order valence-corrected chi connectivity index (χ2v) is 13.5. The van der Waals surface area contributed by atoms with Crippen LogP contribution in [-0.4, -0.2) is 0 Å². The molecule has 0 fully saturated rings. The van der Waals surface area contributed by atoms with E-state index < -0.39 is 16.8 Å². The number of hydrogen-bond donors (Lipinski definition) is 0. The zero-order valence-corrected chi connectivity index (χ0v) is 27.5. The highest BCUT2D eigenvalue weighted by atomic mass is 31.2. The van der Waals surface area contributed by atoms with Gasteiger partial charge in [-0.2, -0.15) is 0 Å². The molecule has 8 rings (SSSR count). The normalized spacial score (nSPS) is 12.6. The van der Waals surface area contributed by atoms with E-state index in [0.717, 1.165) is 66.4 Å². The average molecular weight is 645 g/mol. The lowest BCUT2D eigenvalue weighted by molar-refractivity contribution is 0.380. The molecule has 6 aromatic carbocycles. The smallest absolute Gasteiger partial charge is 0.408 e. The van der Waals surface area contributed by atoms with Crippen molar-refractivity contribution in [2.75, 3.05) is 0 Å². The number of hydrogen-bond acceptors (Lipinski definition) is 6. The first-order valence-corrected chi connectivity index (χ1v) is 17.2. The van der Waals surface area contributed by atoms with Gasteiger partial charge in [-0.25, -0.2) is 0 Å². The predicted octanol–water partition coefficient (Wildman–Crippen LogP) is 12.3. The van der Waals surface area contributed by atoms with Crippen molar-refractivity contribution in [3.63, 3.8) is 0 Å². The van der Waals surface area contributed by atoms with Crippen molar-refractivity contribution in [2.24, 2.45) is 0 Å². The van der Waals surface area contributed by atoms with Crippen LogP contribution in [0.5, 0.6) is 23.0 Å². The van der Waals surface area contributed by atoms with Crippen LogP contribution in [0.1, 0.15) is 22.3 Å². The van der Waals surface area contributed by atoms with Gasteiger partial charge in [-0.3, -0.25) is 0 Å². The first-order chi connectivity index (χ1) is 22.4. The summed E-state index contributed by atoms with van der Waals surface area (Å²) >= 11 is 0. The van der Waals surface area contributed by atoms with E-state index in [0.29, 0.717) is 22.7 Å². The van der Waals surface area contributed by atoms with Crippen LogP contribution in [0.25, 0.3) is 43.8 Å². The number of fused-ring (bicyclic) bond motifs is 3. The molecular weight excluding hydrogens is 614 g/mol. The van der Waals surface area contributed by atoms with Gasteiger partial charge < -0.3 is 26.5 Å². The quantitative estimate of drug-likeness (QED) is 0.174. The zero-order valence-electron chi connectivity index (χ0n) is 25.7. The molecule has 0 N–H and O–H groups in total. The van der Waals surface area contributed by atoms with E-state index in [9.17, 15) is 0 Å². The van der Waals surface area contributed by atoms with Gasteiger partial charge in [-0.15, -0.1) is 0 Å². The maximum absolute atomic E-state index is 6.74. The maximum Gasteiger partial charge on any atom is 0.530 e. The van der Waals surface area contributed by atoms with E-state index in [1.54, 1.807) is 0 Å². The lowest BCUT2D eigenvalue weighted by Crippen LogP contribution is -2.08. The number of para-hydroxylation sites is 2. The summed E-state index contributed by atoms with van der Waals surface area (Å²) in [4.78, 5) is 0. The monoisotopic (exact) mass is 644 g/mol. The molecule has 1 aliphatic heterocycles. The third kappa shape index (κ3) is 5.14. The Hall–Kier alpha value is -4.89. The van der Waals surface area contributed by atoms with Crippen LogP contribution in [0.4, 0.5) is 0 Å². The van der Waals surface area contributed by atoms with Gasteiger partial charge in [0, 0.05) is 21.9 Å². The molecule has 228 valence electrons. The van der Waals surface area contributed by atoms with Crippen LogP contribution in [0, 0.1) is 27.7 Å². The first-order valence-electron chi connectivity index (χ1n) is 15.0. The minimum Gasteiger partial charge on any atom is -0.408 e. The zero-order chi connectivity index (χ0) is 31.4. The van der Waals surface area contributed by atoms with Gasteiger partial charge in [0.05, 0.1) is 5.39 Å². The lowest BCUT2D eigenvalue weighted by atomic mass is 9.95. The van der Waals surface area contributed by atoms with E-state index in [4.69, 9.17) is 26.5 Å². The molecule has 0 aliphatic carbocycles. The Bertz CT molecular complexity index is 2250. The SMILES string of the molecule is Cc1cc(C)c(OP2Oc3cccc4cccc(c34)O2)c(-c2cc(C)cc(C)c2Op2oc3ccccc3c3ccccc3o2)c1. The summed E-state index contributed by atoms with van der Waals surface area (Å²) in [6, 6.07) is 36.3. The van der Waals surface area contributed by atoms with E-state index in [1.807, 2.05) is 98.8 Å². The highest BCUT2D eigenvalue weighted by Gasteiger charge is 2.30. The molecule has 7 aromatic rings. The van der Waals surface area contributed by atoms with Gasteiger partial charge in [0.15, 0.2) is 0 Å². The molecule has 0 bridgehead atoms. The Morgan fingerprint density at radius 2 is 1.02 bits per heavy atom. The van der Waals surface area contributed by atoms with Gasteiger partial charge >= 0.3 is 16.8 Å². The van der Waals surface area contributed by atoms with Gasteiger partial charge in [0.2, 0.25) is 0 Å². The molecule has 8 heteroatoms. The molecule has 46 heavy (non-hydrogen) atoms. The first kappa shape index (κ1) is 28.6. The van der Waals surface area contributed by atoms with E-state index in [2.05, 4.69) is 38.1 Å². The Balaban J connectivity index is 1.25. The summed E-state index contributed by atoms with van der Waals surface area (Å²) in [6.07, 6.45) is 0. The Morgan fingerprint density at radius 3 is 1.57 bits per heavy atom. The summed E-state index contributed by atoms with van der Waals surface area (Å²) in [7, 11) is -3.64. The minimum atomic E-state index is -1.86. The Labute approximate surface area is 268 Å². The molecule has 0 amide bonds. The van der Waals surface area contributed by atoms with Crippen LogP contribution < -0.4 is 18.1 Å². The molecule has 1 aromatic heterocycles. The Morgan fingerprint density at radius 1 is 0.522 bits per heavy atom. The summed E-state index contributed by atoms with van der Waals surface area (Å²) in [5.74, 6) is 2.83. The molecule has 0 spiro atoms. The van der Waals surface area contributed by atoms with Crippen molar-refractivity contribution >= 4 is 49.6 Å². The number of rotatable bonds is 5. The fourth-order valence-electron chi connectivity index (χ4n) is 6.10. The average Bonchev–Trinajstić information content (AvgIpc) is 3.20. The minimum absolute atomic E-state index is 0.664. The second-order valence-electron chi connectivity index (χ2n) is 11.5. The molecule has 1 aliphatic rings. The van der Waals surface area contributed by atoms with Crippen molar-refractivity contribution in [2.45, 2.75) is 27.7 Å². The highest BCUT2D eigenvalue weighted by molar-refractivity contribution is 7.43. The standard InChI is InChI=1S/C38H30O6P2/c1-23-19-25(3)37(43-45-39-32-15-7-5-13-28(32)29-14-6-8-16-33(29)40-45)30(21-23)31-22-24(2)20-26(4)38(31)44-46-41-34-17-9-11-27-12-10-18-35(42-46)36(27)34/h5-22H,1-4H3. The van der Waals surface area contributed by atoms with Gasteiger partial charge in [-0.1, -0.05) is 72.8 Å². The molecule has 2 heterocycles. The van der Waals surface area contributed by atoms with Crippen molar-refractivity contribution in [3.8, 4) is 34.1 Å². The van der Waals surface area contributed by atoms with Crippen LogP contribution in [0.15, 0.2) is 118 Å². The molecule has 0 atom stereocenters. The molecule has 0 radical (unpaired) electrons. The van der Waals surface area contributed by atoms with Crippen LogP contribution in [0.3, 0.4) is 0 Å². The molecule has 0 unspecified atom stereocenters. The van der Waals surface area contributed by atoms with Crippen molar-refractivity contribution in [1.29, 1.82) is 0 Å². The third-order valence-electron chi connectivity index (χ3n) is 8.04. The van der Waals surface area contributed by atoms with Gasteiger partial charge in [-0.05, 0) is 91.7 Å². The topological polar surface area (TPSA) is 63.2 Å². The van der Waals surface area contributed by atoms with Crippen molar-refractivity contribution in [1.82, 2.24) is 0 Å². The van der Waals surface area contributed by atoms with Crippen LogP contribution in [0.2, 0.25) is 0 Å². The van der Waals surface area contributed by atoms with E-state index in [-0.39, 0.29) is 0 Å². The summed E-state index contributed by atoms with van der Waals surface area (Å²) in [5.41, 5.74) is 7.27. The fourth-order valence-corrected chi connectivity index (χ4v) is 8.37. The Kier molecular flexibility index (Phi) is 7.13. The third-order valence-corrected chi connectivity index (χ3v) is 10.1. The maximum atomic E-state index is 6.74. The largest absolute Gasteiger partial charge is 0.530 e. The summed E-state index contributed by atoms with van der Waals surface area (Å²) in [5, 5.41) is 3.94. The summed E-state index contributed by atoms with van der Waals surface area (Å²) < 4.78 is 38.9. The fraction of sp³-hybridized carbons (Fsp3) is 0.105. The van der Waals surface area contributed by atoms with Crippen LogP contribution in [-0.2, 0) is 0 Å². The number of benzene rings is 6. The van der Waals surface area contributed by atoms with Crippen molar-refractivity contribution < 1.29 is 26.5 Å². The van der Waals surface area contributed by atoms with Gasteiger partial charge in [0.25, 0.3) is 0 Å². The van der Waals surface area contributed by atoms with Gasteiger partial charge in [0.1, 0.15) is 34.2 Å². The molecule has 6 nitrogen and oxygen atoms in total. The summed E-state index contributed by atoms with van der Waals surface area (Å²) in [6.45, 7) is 8.24. The van der Waals surface area contributed by atoms with Crippen molar-refractivity contribution in [3.05, 3.63) is 131 Å². The van der Waals surface area contributed by atoms with E-state index in [1.165, 1.54) is 0 Å². The molecule has 0 saturated heterocycles. The second kappa shape index (κ2) is 11.5. The molecular formula is C38H30O6P2. The van der Waals surface area contributed by atoms with Crippen LogP contribution >= 0.6 is 16.8 Å².